The summed E-state index contributed by atoms with van der Waals surface area (Å²) in [5, 5.41) is 10.2. The van der Waals surface area contributed by atoms with Gasteiger partial charge in [0.15, 0.2) is 0 Å². The van der Waals surface area contributed by atoms with Crippen LogP contribution in [0.3, 0.4) is 0 Å². The van der Waals surface area contributed by atoms with Crippen LogP contribution in [0.5, 0.6) is 5.75 Å². The predicted octanol–water partition coefficient (Wildman–Crippen LogP) is 2.99. The normalized spacial score (nSPS) is 18.6. The van der Waals surface area contributed by atoms with Gasteiger partial charge in [0.1, 0.15) is 29.5 Å². The Morgan fingerprint density at radius 2 is 1.87 bits per heavy atom. The Bertz CT molecular complexity index is 1130. The van der Waals surface area contributed by atoms with Crippen LogP contribution in [0.1, 0.15) is 18.4 Å². The minimum atomic E-state index is -1.76. The Labute approximate surface area is 169 Å². The van der Waals surface area contributed by atoms with E-state index in [1.165, 1.54) is 6.92 Å². The van der Waals surface area contributed by atoms with E-state index in [0.29, 0.717) is 11.3 Å². The maximum absolute atomic E-state index is 14.2. The third-order valence-electron chi connectivity index (χ3n) is 4.84. The zero-order valence-electron chi connectivity index (χ0n) is 16.0. The Kier molecular flexibility index (Phi) is 4.69. The smallest absolute Gasteiger partial charge is 0.325 e. The van der Waals surface area contributed by atoms with Crippen molar-refractivity contribution in [1.82, 2.24) is 20.4 Å². The molecule has 1 saturated heterocycles. The van der Waals surface area contributed by atoms with Crippen molar-refractivity contribution in [1.29, 1.82) is 0 Å². The Morgan fingerprint density at radius 1 is 1.13 bits per heavy atom. The summed E-state index contributed by atoms with van der Waals surface area (Å²) in [5.74, 6) is -1.45. The van der Waals surface area contributed by atoms with Crippen LogP contribution >= 0.6 is 0 Å². The van der Waals surface area contributed by atoms with Gasteiger partial charge >= 0.3 is 6.03 Å². The molecule has 0 bridgehead atoms. The molecule has 0 radical (unpaired) electrons. The quantitative estimate of drug-likeness (QED) is 0.645. The number of hydrogen-bond donors (Lipinski definition) is 1. The number of hydrogen-bond acceptors (Lipinski definition) is 6. The number of benzene rings is 2. The number of ether oxygens (including phenoxy) is 1. The third-order valence-corrected chi connectivity index (χ3v) is 4.84. The molecular formula is C20H16F2N4O4. The first kappa shape index (κ1) is 19.5. The van der Waals surface area contributed by atoms with E-state index in [4.69, 9.17) is 9.15 Å². The van der Waals surface area contributed by atoms with Gasteiger partial charge in [-0.1, -0.05) is 0 Å². The lowest BCUT2D eigenvalue weighted by Crippen LogP contribution is -2.41. The highest BCUT2D eigenvalue weighted by atomic mass is 19.1. The van der Waals surface area contributed by atoms with Crippen molar-refractivity contribution in [2.45, 2.75) is 19.0 Å². The van der Waals surface area contributed by atoms with Crippen molar-refractivity contribution in [2.75, 3.05) is 7.11 Å². The lowest BCUT2D eigenvalue weighted by molar-refractivity contribution is -0.131. The van der Waals surface area contributed by atoms with Crippen molar-refractivity contribution in [3.63, 3.8) is 0 Å². The lowest BCUT2D eigenvalue weighted by Gasteiger charge is -2.22. The standard InChI is InChI=1S/C20H16F2N4O4/c1-20(14-9-12(21)5-8-15(14)22)18(27)26(19(28)23-20)10-16-24-25-17(30-16)11-3-6-13(29-2)7-4-11/h3-9H,10H2,1-2H3,(H,23,28). The second-order valence-electron chi connectivity index (χ2n) is 6.80. The molecule has 3 amide bonds. The molecule has 1 unspecified atom stereocenters. The lowest BCUT2D eigenvalue weighted by atomic mass is 9.91. The van der Waals surface area contributed by atoms with Gasteiger partial charge in [-0.3, -0.25) is 9.69 Å². The van der Waals surface area contributed by atoms with E-state index >= 15 is 0 Å². The first-order valence-corrected chi connectivity index (χ1v) is 8.88. The van der Waals surface area contributed by atoms with E-state index in [1.54, 1.807) is 31.4 Å². The summed E-state index contributed by atoms with van der Waals surface area (Å²) in [4.78, 5) is 26.1. The van der Waals surface area contributed by atoms with E-state index in [1.807, 2.05) is 0 Å². The zero-order valence-corrected chi connectivity index (χ0v) is 16.0. The van der Waals surface area contributed by atoms with Gasteiger partial charge in [0.25, 0.3) is 5.91 Å². The zero-order chi connectivity index (χ0) is 21.5. The summed E-state index contributed by atoms with van der Waals surface area (Å²) in [6, 6.07) is 8.80. The Balaban J connectivity index is 1.57. The molecule has 2 aromatic carbocycles. The fraction of sp³-hybridized carbons (Fsp3) is 0.200. The van der Waals surface area contributed by atoms with Crippen LogP contribution in [0, 0.1) is 11.6 Å². The van der Waals surface area contributed by atoms with E-state index in [0.717, 1.165) is 23.1 Å². The number of nitrogens with zero attached hydrogens (tertiary/aromatic N) is 3. The summed E-state index contributed by atoms with van der Waals surface area (Å²) in [5.41, 5.74) is -1.41. The van der Waals surface area contributed by atoms with Crippen LogP contribution in [-0.2, 0) is 16.9 Å². The predicted molar refractivity (Wildman–Crippen MR) is 99.1 cm³/mol. The van der Waals surface area contributed by atoms with Crippen LogP contribution in [0.25, 0.3) is 11.5 Å². The number of aromatic nitrogens is 2. The second kappa shape index (κ2) is 7.21. The molecule has 8 nitrogen and oxygen atoms in total. The highest BCUT2D eigenvalue weighted by Crippen LogP contribution is 2.32. The number of carbonyl (C=O) groups is 2. The summed E-state index contributed by atoms with van der Waals surface area (Å²) >= 11 is 0. The summed E-state index contributed by atoms with van der Waals surface area (Å²) < 4.78 is 38.5. The monoisotopic (exact) mass is 414 g/mol. The van der Waals surface area contributed by atoms with Crippen molar-refractivity contribution >= 4 is 11.9 Å². The van der Waals surface area contributed by atoms with Gasteiger partial charge in [0.2, 0.25) is 11.8 Å². The summed E-state index contributed by atoms with van der Waals surface area (Å²) in [6.45, 7) is 0.988. The van der Waals surface area contributed by atoms with Crippen molar-refractivity contribution in [3.05, 3.63) is 65.6 Å². The molecular weight excluding hydrogens is 398 g/mol. The van der Waals surface area contributed by atoms with E-state index in [-0.39, 0.29) is 23.9 Å². The van der Waals surface area contributed by atoms with Gasteiger partial charge in [-0.05, 0) is 49.4 Å². The number of imide groups is 1. The summed E-state index contributed by atoms with van der Waals surface area (Å²) in [7, 11) is 1.54. The molecule has 2 heterocycles. The van der Waals surface area contributed by atoms with E-state index in [9.17, 15) is 18.4 Å². The fourth-order valence-corrected chi connectivity index (χ4v) is 3.21. The van der Waals surface area contributed by atoms with Gasteiger partial charge in [-0.2, -0.15) is 0 Å². The van der Waals surface area contributed by atoms with Crippen LogP contribution < -0.4 is 10.1 Å². The van der Waals surface area contributed by atoms with Crippen LogP contribution in [0.2, 0.25) is 0 Å². The minimum Gasteiger partial charge on any atom is -0.497 e. The molecule has 1 aliphatic rings. The van der Waals surface area contributed by atoms with E-state index in [2.05, 4.69) is 15.5 Å². The van der Waals surface area contributed by atoms with Crippen LogP contribution in [0.15, 0.2) is 46.9 Å². The second-order valence-corrected chi connectivity index (χ2v) is 6.80. The highest BCUT2D eigenvalue weighted by Gasteiger charge is 2.50. The molecule has 1 aromatic heterocycles. The average Bonchev–Trinajstić information content (AvgIpc) is 3.29. The minimum absolute atomic E-state index is 0.00767. The first-order valence-electron chi connectivity index (χ1n) is 8.88. The molecule has 4 rings (SSSR count). The molecule has 0 spiro atoms. The Morgan fingerprint density at radius 3 is 2.57 bits per heavy atom. The van der Waals surface area contributed by atoms with Gasteiger partial charge in [0.05, 0.1) is 7.11 Å². The van der Waals surface area contributed by atoms with Gasteiger partial charge < -0.3 is 14.5 Å². The first-order chi connectivity index (χ1) is 14.3. The molecule has 154 valence electrons. The highest BCUT2D eigenvalue weighted by molar-refractivity contribution is 6.07. The number of urea groups is 1. The van der Waals surface area contributed by atoms with Crippen LogP contribution in [0.4, 0.5) is 13.6 Å². The maximum atomic E-state index is 14.2. The third kappa shape index (κ3) is 3.25. The summed E-state index contributed by atoms with van der Waals surface area (Å²) in [6.07, 6.45) is 0. The number of halogens is 2. The molecule has 1 aliphatic heterocycles. The van der Waals surface area contributed by atoms with Gasteiger partial charge in [-0.15, -0.1) is 10.2 Å². The number of rotatable bonds is 5. The average molecular weight is 414 g/mol. The molecule has 0 saturated carbocycles. The number of methoxy groups -OCH3 is 1. The molecule has 3 aromatic rings. The number of nitrogens with one attached hydrogen (secondary N) is 1. The molecule has 30 heavy (non-hydrogen) atoms. The topological polar surface area (TPSA) is 97.6 Å². The van der Waals surface area contributed by atoms with Crippen LogP contribution in [-0.4, -0.2) is 34.1 Å². The van der Waals surface area contributed by atoms with Crippen molar-refractivity contribution < 1.29 is 27.5 Å². The van der Waals surface area contributed by atoms with E-state index < -0.39 is 29.1 Å². The molecule has 1 fully saturated rings. The number of carbonyl (C=O) groups excluding carboxylic acids is 2. The largest absolute Gasteiger partial charge is 0.497 e. The molecule has 0 aliphatic carbocycles. The van der Waals surface area contributed by atoms with Crippen molar-refractivity contribution in [3.8, 4) is 17.2 Å². The SMILES string of the molecule is COc1ccc(-c2nnc(CN3C(=O)NC(C)(c4cc(F)ccc4F)C3=O)o2)cc1. The molecule has 1 N–H and O–H groups in total. The van der Waals surface area contributed by atoms with Gasteiger partial charge in [-0.25, -0.2) is 13.6 Å². The van der Waals surface area contributed by atoms with Gasteiger partial charge in [0, 0.05) is 11.1 Å². The fourth-order valence-electron chi connectivity index (χ4n) is 3.21. The molecule has 10 heteroatoms. The maximum Gasteiger partial charge on any atom is 0.325 e. The molecule has 1 atom stereocenters. The Hall–Kier alpha value is -3.82. The van der Waals surface area contributed by atoms with Crippen molar-refractivity contribution in [2.24, 2.45) is 0 Å². The number of amides is 3.